The maximum Gasteiger partial charge on any atom is 0.319 e. The SMILES string of the molecule is CCOC(=O)[C@@H](C)Sc1ccc(F)cc1F. The molecule has 1 rings (SSSR count). The molecule has 88 valence electrons. The molecule has 5 heteroatoms. The lowest BCUT2D eigenvalue weighted by atomic mass is 10.3. The zero-order valence-electron chi connectivity index (χ0n) is 9.00. The van der Waals surface area contributed by atoms with E-state index in [9.17, 15) is 13.6 Å². The van der Waals surface area contributed by atoms with E-state index in [1.54, 1.807) is 13.8 Å². The van der Waals surface area contributed by atoms with Gasteiger partial charge < -0.3 is 4.74 Å². The summed E-state index contributed by atoms with van der Waals surface area (Å²) in [5.41, 5.74) is 0. The number of hydrogen-bond donors (Lipinski definition) is 0. The van der Waals surface area contributed by atoms with Gasteiger partial charge in [-0.25, -0.2) is 8.78 Å². The third kappa shape index (κ3) is 3.48. The van der Waals surface area contributed by atoms with Crippen LogP contribution >= 0.6 is 11.8 Å². The summed E-state index contributed by atoms with van der Waals surface area (Å²) in [4.78, 5) is 11.5. The molecule has 0 amide bonds. The Morgan fingerprint density at radius 2 is 2.19 bits per heavy atom. The number of carbonyl (C=O) groups is 1. The molecular weight excluding hydrogens is 234 g/mol. The smallest absolute Gasteiger partial charge is 0.319 e. The molecule has 0 aromatic heterocycles. The minimum absolute atomic E-state index is 0.238. The molecule has 2 nitrogen and oxygen atoms in total. The first-order valence-corrected chi connectivity index (χ1v) is 5.71. The quantitative estimate of drug-likeness (QED) is 0.603. The Labute approximate surface area is 97.0 Å². The van der Waals surface area contributed by atoms with Gasteiger partial charge in [-0.1, -0.05) is 0 Å². The first-order chi connectivity index (χ1) is 7.54. The number of rotatable bonds is 4. The van der Waals surface area contributed by atoms with Gasteiger partial charge in [0.25, 0.3) is 0 Å². The molecular formula is C11H12F2O2S. The summed E-state index contributed by atoms with van der Waals surface area (Å²) in [6.45, 7) is 3.61. The molecule has 0 radical (unpaired) electrons. The largest absolute Gasteiger partial charge is 0.465 e. The number of ether oxygens (including phenoxy) is 1. The first-order valence-electron chi connectivity index (χ1n) is 4.83. The van der Waals surface area contributed by atoms with Gasteiger partial charge in [0.15, 0.2) is 0 Å². The highest BCUT2D eigenvalue weighted by atomic mass is 32.2. The fourth-order valence-electron chi connectivity index (χ4n) is 1.07. The highest BCUT2D eigenvalue weighted by Crippen LogP contribution is 2.27. The molecule has 0 aliphatic heterocycles. The summed E-state index contributed by atoms with van der Waals surface area (Å²) >= 11 is 1.01. The predicted octanol–water partition coefficient (Wildman–Crippen LogP) is 3.01. The van der Waals surface area contributed by atoms with E-state index in [1.165, 1.54) is 6.07 Å². The van der Waals surface area contributed by atoms with Crippen LogP contribution in [0.2, 0.25) is 0 Å². The van der Waals surface area contributed by atoms with E-state index in [2.05, 4.69) is 0 Å². The van der Waals surface area contributed by atoms with Crippen LogP contribution in [0.25, 0.3) is 0 Å². The van der Waals surface area contributed by atoms with Gasteiger partial charge >= 0.3 is 5.97 Å². The molecule has 16 heavy (non-hydrogen) atoms. The van der Waals surface area contributed by atoms with Crippen molar-refractivity contribution in [1.82, 2.24) is 0 Å². The molecule has 0 saturated carbocycles. The van der Waals surface area contributed by atoms with Crippen molar-refractivity contribution in [2.45, 2.75) is 24.0 Å². The van der Waals surface area contributed by atoms with Gasteiger partial charge in [-0.05, 0) is 26.0 Å². The number of carbonyl (C=O) groups excluding carboxylic acids is 1. The zero-order valence-corrected chi connectivity index (χ0v) is 9.81. The van der Waals surface area contributed by atoms with Crippen molar-refractivity contribution in [3.63, 3.8) is 0 Å². The third-order valence-corrected chi connectivity index (χ3v) is 2.95. The first kappa shape index (κ1) is 13.0. The monoisotopic (exact) mass is 246 g/mol. The normalized spacial score (nSPS) is 12.2. The Bertz CT molecular complexity index is 382. The van der Waals surface area contributed by atoms with Crippen molar-refractivity contribution in [2.24, 2.45) is 0 Å². The van der Waals surface area contributed by atoms with E-state index in [-0.39, 0.29) is 11.5 Å². The summed E-state index contributed by atoms with van der Waals surface area (Å²) < 4.78 is 30.7. The van der Waals surface area contributed by atoms with Gasteiger partial charge in [0.05, 0.1) is 6.61 Å². The van der Waals surface area contributed by atoms with Crippen LogP contribution in [0.15, 0.2) is 23.1 Å². The van der Waals surface area contributed by atoms with Gasteiger partial charge in [0, 0.05) is 11.0 Å². The van der Waals surface area contributed by atoms with Crippen LogP contribution in [0.3, 0.4) is 0 Å². The average molecular weight is 246 g/mol. The van der Waals surface area contributed by atoms with Crippen LogP contribution in [-0.4, -0.2) is 17.8 Å². The number of halogens is 2. The van der Waals surface area contributed by atoms with E-state index in [4.69, 9.17) is 4.74 Å². The lowest BCUT2D eigenvalue weighted by Crippen LogP contribution is -2.16. The average Bonchev–Trinajstić information content (AvgIpc) is 2.22. The summed E-state index contributed by atoms with van der Waals surface area (Å²) in [5, 5.41) is -0.514. The van der Waals surface area contributed by atoms with E-state index in [0.717, 1.165) is 23.9 Å². The van der Waals surface area contributed by atoms with Crippen LogP contribution in [0.4, 0.5) is 8.78 Å². The fraction of sp³-hybridized carbons (Fsp3) is 0.364. The van der Waals surface area contributed by atoms with E-state index in [0.29, 0.717) is 0 Å². The van der Waals surface area contributed by atoms with Crippen molar-refractivity contribution < 1.29 is 18.3 Å². The highest BCUT2D eigenvalue weighted by Gasteiger charge is 2.17. The van der Waals surface area contributed by atoms with Crippen LogP contribution in [0.1, 0.15) is 13.8 Å². The minimum Gasteiger partial charge on any atom is -0.465 e. The lowest BCUT2D eigenvalue weighted by molar-refractivity contribution is -0.142. The molecule has 0 N–H and O–H groups in total. The van der Waals surface area contributed by atoms with Gasteiger partial charge in [-0.2, -0.15) is 0 Å². The Morgan fingerprint density at radius 1 is 1.50 bits per heavy atom. The summed E-state index contributed by atoms with van der Waals surface area (Å²) in [6.07, 6.45) is 0. The van der Waals surface area contributed by atoms with E-state index < -0.39 is 22.9 Å². The molecule has 0 aliphatic carbocycles. The van der Waals surface area contributed by atoms with Gasteiger partial charge in [0.1, 0.15) is 16.9 Å². The second-order valence-electron chi connectivity index (χ2n) is 3.09. The van der Waals surface area contributed by atoms with Crippen LogP contribution in [-0.2, 0) is 9.53 Å². The van der Waals surface area contributed by atoms with Gasteiger partial charge in [0.2, 0.25) is 0 Å². The molecule has 0 aliphatic rings. The molecule has 0 saturated heterocycles. The molecule has 0 heterocycles. The van der Waals surface area contributed by atoms with Gasteiger partial charge in [-0.15, -0.1) is 11.8 Å². The molecule has 0 spiro atoms. The zero-order chi connectivity index (χ0) is 12.1. The lowest BCUT2D eigenvalue weighted by Gasteiger charge is -2.10. The minimum atomic E-state index is -0.666. The topological polar surface area (TPSA) is 26.3 Å². The standard InChI is InChI=1S/C11H12F2O2S/c1-3-15-11(14)7(2)16-10-5-4-8(12)6-9(10)13/h4-7H,3H2,1-2H3/t7-/m1/s1. The van der Waals surface area contributed by atoms with Crippen molar-refractivity contribution in [2.75, 3.05) is 6.61 Å². The van der Waals surface area contributed by atoms with Crippen molar-refractivity contribution in [1.29, 1.82) is 0 Å². The molecule has 1 atom stereocenters. The summed E-state index contributed by atoms with van der Waals surface area (Å²) in [6, 6.07) is 3.26. The Kier molecular flexibility index (Phi) is 4.73. The van der Waals surface area contributed by atoms with Crippen molar-refractivity contribution >= 4 is 17.7 Å². The number of hydrogen-bond acceptors (Lipinski definition) is 3. The predicted molar refractivity (Wildman–Crippen MR) is 58.3 cm³/mol. The number of thioether (sulfide) groups is 1. The van der Waals surface area contributed by atoms with E-state index in [1.807, 2.05) is 0 Å². The van der Waals surface area contributed by atoms with E-state index >= 15 is 0 Å². The summed E-state index contributed by atoms with van der Waals surface area (Å²) in [5.74, 6) is -1.71. The fourth-order valence-corrected chi connectivity index (χ4v) is 1.93. The Morgan fingerprint density at radius 3 is 2.75 bits per heavy atom. The molecule has 1 aromatic carbocycles. The molecule has 0 bridgehead atoms. The maximum absolute atomic E-state index is 13.2. The third-order valence-electron chi connectivity index (χ3n) is 1.82. The number of benzene rings is 1. The second kappa shape index (κ2) is 5.84. The van der Waals surface area contributed by atoms with Crippen LogP contribution < -0.4 is 0 Å². The second-order valence-corrected chi connectivity index (χ2v) is 4.47. The van der Waals surface area contributed by atoms with Crippen molar-refractivity contribution in [3.05, 3.63) is 29.8 Å². The number of esters is 1. The molecule has 0 unspecified atom stereocenters. The van der Waals surface area contributed by atoms with Crippen LogP contribution in [0.5, 0.6) is 0 Å². The molecule has 0 fully saturated rings. The Balaban J connectivity index is 2.69. The highest BCUT2D eigenvalue weighted by molar-refractivity contribution is 8.00. The van der Waals surface area contributed by atoms with Crippen molar-refractivity contribution in [3.8, 4) is 0 Å². The van der Waals surface area contributed by atoms with Gasteiger partial charge in [-0.3, -0.25) is 4.79 Å². The van der Waals surface area contributed by atoms with Crippen LogP contribution in [0, 0.1) is 11.6 Å². The maximum atomic E-state index is 13.2. The summed E-state index contributed by atoms with van der Waals surface area (Å²) in [7, 11) is 0. The molecule has 1 aromatic rings. The Hall–Kier alpha value is -1.10.